The standard InChI is InChI=1S/C11H16N2O2/c1-15-11-6-9(2-3-12-11)13-7-8-4-10(14)5-8/h2-3,6,8,10,14H,4-5,7H2,1H3,(H,12,13). The van der Waals surface area contributed by atoms with Crippen molar-refractivity contribution >= 4 is 5.69 Å². The van der Waals surface area contributed by atoms with E-state index in [1.807, 2.05) is 12.1 Å². The van der Waals surface area contributed by atoms with E-state index in [1.165, 1.54) is 0 Å². The van der Waals surface area contributed by atoms with Crippen LogP contribution < -0.4 is 10.1 Å². The molecule has 1 aromatic heterocycles. The minimum absolute atomic E-state index is 0.0798. The van der Waals surface area contributed by atoms with Gasteiger partial charge in [0.1, 0.15) is 0 Å². The Bertz CT molecular complexity index is 324. The number of hydrogen-bond acceptors (Lipinski definition) is 4. The third-order valence-electron chi connectivity index (χ3n) is 2.75. The maximum atomic E-state index is 9.14. The second kappa shape index (κ2) is 4.49. The normalized spacial score (nSPS) is 24.4. The van der Waals surface area contributed by atoms with Crippen LogP contribution in [-0.4, -0.2) is 29.8 Å². The number of rotatable bonds is 4. The summed E-state index contributed by atoms with van der Waals surface area (Å²) in [7, 11) is 1.61. The Morgan fingerprint density at radius 2 is 2.40 bits per heavy atom. The summed E-state index contributed by atoms with van der Waals surface area (Å²) in [5, 5.41) is 12.5. The van der Waals surface area contributed by atoms with E-state index in [0.717, 1.165) is 25.1 Å². The first kappa shape index (κ1) is 10.2. The highest BCUT2D eigenvalue weighted by Crippen LogP contribution is 2.27. The van der Waals surface area contributed by atoms with E-state index in [9.17, 15) is 0 Å². The van der Waals surface area contributed by atoms with Gasteiger partial charge in [0.05, 0.1) is 13.2 Å². The number of anilines is 1. The molecule has 1 aliphatic rings. The molecule has 4 nitrogen and oxygen atoms in total. The summed E-state index contributed by atoms with van der Waals surface area (Å²) in [5.74, 6) is 1.22. The number of aliphatic hydroxyl groups is 1. The first-order chi connectivity index (χ1) is 7.28. The maximum absolute atomic E-state index is 9.14. The van der Waals surface area contributed by atoms with E-state index in [1.54, 1.807) is 13.3 Å². The molecule has 0 aliphatic heterocycles. The molecule has 1 aliphatic carbocycles. The van der Waals surface area contributed by atoms with Crippen molar-refractivity contribution in [2.45, 2.75) is 18.9 Å². The van der Waals surface area contributed by atoms with Gasteiger partial charge in [-0.15, -0.1) is 0 Å². The largest absolute Gasteiger partial charge is 0.481 e. The molecule has 0 aromatic carbocycles. The third kappa shape index (κ3) is 2.59. The van der Waals surface area contributed by atoms with E-state index >= 15 is 0 Å². The van der Waals surface area contributed by atoms with Crippen LogP contribution in [0.25, 0.3) is 0 Å². The Balaban J connectivity index is 1.82. The van der Waals surface area contributed by atoms with Gasteiger partial charge in [-0.25, -0.2) is 4.98 Å². The molecule has 1 saturated carbocycles. The molecule has 0 bridgehead atoms. The van der Waals surface area contributed by atoms with Crippen molar-refractivity contribution in [1.29, 1.82) is 0 Å². The summed E-state index contributed by atoms with van der Waals surface area (Å²) in [5.41, 5.74) is 1.02. The average Bonchev–Trinajstić information content (AvgIpc) is 2.23. The topological polar surface area (TPSA) is 54.4 Å². The van der Waals surface area contributed by atoms with Crippen LogP contribution >= 0.6 is 0 Å². The zero-order valence-electron chi connectivity index (χ0n) is 8.81. The molecule has 2 N–H and O–H groups in total. The molecule has 1 fully saturated rings. The number of pyridine rings is 1. The lowest BCUT2D eigenvalue weighted by Gasteiger charge is -2.31. The molecule has 0 radical (unpaired) electrons. The average molecular weight is 208 g/mol. The van der Waals surface area contributed by atoms with Crippen LogP contribution in [0.3, 0.4) is 0 Å². The summed E-state index contributed by atoms with van der Waals surface area (Å²) in [4.78, 5) is 4.03. The van der Waals surface area contributed by atoms with Crippen LogP contribution in [0.4, 0.5) is 5.69 Å². The quantitative estimate of drug-likeness (QED) is 0.782. The Kier molecular flexibility index (Phi) is 3.06. The van der Waals surface area contributed by atoms with Gasteiger partial charge in [0.2, 0.25) is 5.88 Å². The highest BCUT2D eigenvalue weighted by molar-refractivity contribution is 5.45. The molecule has 0 saturated heterocycles. The van der Waals surface area contributed by atoms with Crippen molar-refractivity contribution < 1.29 is 9.84 Å². The number of aromatic nitrogens is 1. The Hall–Kier alpha value is -1.29. The van der Waals surface area contributed by atoms with Crippen LogP contribution in [-0.2, 0) is 0 Å². The molecule has 2 rings (SSSR count). The van der Waals surface area contributed by atoms with Gasteiger partial charge in [-0.05, 0) is 24.8 Å². The summed E-state index contributed by atoms with van der Waals surface area (Å²) in [6.07, 6.45) is 3.46. The predicted molar refractivity (Wildman–Crippen MR) is 58.0 cm³/mol. The molecule has 82 valence electrons. The van der Waals surface area contributed by atoms with E-state index in [2.05, 4.69) is 10.3 Å². The van der Waals surface area contributed by atoms with Crippen LogP contribution in [0.1, 0.15) is 12.8 Å². The molecule has 4 heteroatoms. The lowest BCUT2D eigenvalue weighted by Crippen LogP contribution is -2.33. The second-order valence-corrected chi connectivity index (χ2v) is 3.96. The lowest BCUT2D eigenvalue weighted by atomic mass is 9.82. The number of ether oxygens (including phenoxy) is 1. The van der Waals surface area contributed by atoms with Gasteiger partial charge < -0.3 is 15.2 Å². The van der Waals surface area contributed by atoms with Gasteiger partial charge in [0.25, 0.3) is 0 Å². The molecule has 0 atom stereocenters. The predicted octanol–water partition coefficient (Wildman–Crippen LogP) is 1.27. The van der Waals surface area contributed by atoms with Crippen molar-refractivity contribution in [2.24, 2.45) is 5.92 Å². The number of methoxy groups -OCH3 is 1. The number of nitrogens with zero attached hydrogens (tertiary/aromatic N) is 1. The summed E-state index contributed by atoms with van der Waals surface area (Å²) in [6.45, 7) is 0.907. The number of hydrogen-bond donors (Lipinski definition) is 2. The van der Waals surface area contributed by atoms with E-state index in [-0.39, 0.29) is 6.10 Å². The molecule has 1 aromatic rings. The molecular weight excluding hydrogens is 192 g/mol. The van der Waals surface area contributed by atoms with Gasteiger partial charge in [-0.1, -0.05) is 0 Å². The van der Waals surface area contributed by atoms with Crippen molar-refractivity contribution in [2.75, 3.05) is 19.0 Å². The molecule has 0 unspecified atom stereocenters. The van der Waals surface area contributed by atoms with E-state index in [0.29, 0.717) is 11.8 Å². The van der Waals surface area contributed by atoms with Crippen LogP contribution in [0, 0.1) is 5.92 Å². The lowest BCUT2D eigenvalue weighted by molar-refractivity contribution is 0.0487. The van der Waals surface area contributed by atoms with Gasteiger partial charge >= 0.3 is 0 Å². The monoisotopic (exact) mass is 208 g/mol. The Morgan fingerprint density at radius 1 is 1.60 bits per heavy atom. The zero-order chi connectivity index (χ0) is 10.7. The molecule has 1 heterocycles. The molecule has 15 heavy (non-hydrogen) atoms. The fourth-order valence-corrected chi connectivity index (χ4v) is 1.76. The Labute approximate surface area is 89.3 Å². The summed E-state index contributed by atoms with van der Waals surface area (Å²) in [6, 6.07) is 3.78. The van der Waals surface area contributed by atoms with Crippen molar-refractivity contribution in [3.05, 3.63) is 18.3 Å². The van der Waals surface area contributed by atoms with Crippen LogP contribution in [0.2, 0.25) is 0 Å². The first-order valence-electron chi connectivity index (χ1n) is 5.20. The molecule has 0 amide bonds. The summed E-state index contributed by atoms with van der Waals surface area (Å²) >= 11 is 0. The first-order valence-corrected chi connectivity index (χ1v) is 5.20. The number of aliphatic hydroxyl groups excluding tert-OH is 1. The fourth-order valence-electron chi connectivity index (χ4n) is 1.76. The van der Waals surface area contributed by atoms with E-state index < -0.39 is 0 Å². The van der Waals surface area contributed by atoms with Crippen LogP contribution in [0.15, 0.2) is 18.3 Å². The molecule has 0 spiro atoms. The highest BCUT2D eigenvalue weighted by atomic mass is 16.5. The van der Waals surface area contributed by atoms with Crippen molar-refractivity contribution in [1.82, 2.24) is 4.98 Å². The fraction of sp³-hybridized carbons (Fsp3) is 0.545. The summed E-state index contributed by atoms with van der Waals surface area (Å²) < 4.78 is 5.03. The van der Waals surface area contributed by atoms with Crippen molar-refractivity contribution in [3.63, 3.8) is 0 Å². The minimum atomic E-state index is -0.0798. The highest BCUT2D eigenvalue weighted by Gasteiger charge is 2.26. The minimum Gasteiger partial charge on any atom is -0.481 e. The van der Waals surface area contributed by atoms with E-state index in [4.69, 9.17) is 9.84 Å². The Morgan fingerprint density at radius 3 is 3.07 bits per heavy atom. The maximum Gasteiger partial charge on any atom is 0.214 e. The smallest absolute Gasteiger partial charge is 0.214 e. The molecular formula is C11H16N2O2. The van der Waals surface area contributed by atoms with Gasteiger partial charge in [0, 0.05) is 24.5 Å². The second-order valence-electron chi connectivity index (χ2n) is 3.96. The SMILES string of the molecule is COc1cc(NCC2CC(O)C2)ccn1. The van der Waals surface area contributed by atoms with Gasteiger partial charge in [0.15, 0.2) is 0 Å². The van der Waals surface area contributed by atoms with Crippen LogP contribution in [0.5, 0.6) is 5.88 Å². The third-order valence-corrected chi connectivity index (χ3v) is 2.75. The zero-order valence-corrected chi connectivity index (χ0v) is 8.81. The van der Waals surface area contributed by atoms with Gasteiger partial charge in [-0.3, -0.25) is 0 Å². The van der Waals surface area contributed by atoms with Crippen molar-refractivity contribution in [3.8, 4) is 5.88 Å². The number of nitrogens with one attached hydrogen (secondary N) is 1. The van der Waals surface area contributed by atoms with Gasteiger partial charge in [-0.2, -0.15) is 0 Å².